The lowest BCUT2D eigenvalue weighted by Gasteiger charge is -2.32. The molecule has 34 heavy (non-hydrogen) atoms. The van der Waals surface area contributed by atoms with E-state index in [1.165, 1.54) is 49.5 Å². The van der Waals surface area contributed by atoms with Crippen molar-refractivity contribution >= 4 is 27.9 Å². The van der Waals surface area contributed by atoms with Gasteiger partial charge in [0.15, 0.2) is 5.65 Å². The van der Waals surface area contributed by atoms with Crippen LogP contribution >= 0.6 is 0 Å². The fraction of sp³-hybridized carbons (Fsp3) is 0.481. The zero-order chi connectivity index (χ0) is 23.7. The van der Waals surface area contributed by atoms with Gasteiger partial charge in [-0.05, 0) is 56.1 Å². The molecule has 180 valence electrons. The molecule has 0 aliphatic heterocycles. The van der Waals surface area contributed by atoms with Crippen LogP contribution in [-0.2, 0) is 11.3 Å². The van der Waals surface area contributed by atoms with Gasteiger partial charge in [0.2, 0.25) is 0 Å². The summed E-state index contributed by atoms with van der Waals surface area (Å²) in [6.07, 6.45) is 8.13. The predicted molar refractivity (Wildman–Crippen MR) is 139 cm³/mol. The number of aromatic nitrogens is 4. The Balaban J connectivity index is 1.37. The highest BCUT2D eigenvalue weighted by atomic mass is 16.5. The van der Waals surface area contributed by atoms with E-state index in [1.54, 1.807) is 0 Å². The van der Waals surface area contributed by atoms with Crippen molar-refractivity contribution in [2.75, 3.05) is 26.5 Å². The van der Waals surface area contributed by atoms with Crippen LogP contribution in [-0.4, -0.2) is 51.6 Å². The minimum absolute atomic E-state index is 0.447. The minimum Gasteiger partial charge on any atom is -0.384 e. The van der Waals surface area contributed by atoms with Crippen LogP contribution in [0.1, 0.15) is 49.9 Å². The van der Waals surface area contributed by atoms with Crippen molar-refractivity contribution in [1.29, 1.82) is 0 Å². The van der Waals surface area contributed by atoms with Gasteiger partial charge in [-0.3, -0.25) is 4.90 Å². The summed E-state index contributed by atoms with van der Waals surface area (Å²) >= 11 is 0. The third-order valence-electron chi connectivity index (χ3n) is 7.32. The summed E-state index contributed by atoms with van der Waals surface area (Å²) in [4.78, 5) is 18.2. The van der Waals surface area contributed by atoms with Gasteiger partial charge >= 0.3 is 0 Å². The van der Waals surface area contributed by atoms with E-state index in [0.717, 1.165) is 47.2 Å². The number of hydrogen-bond donors (Lipinski definition) is 3. The van der Waals surface area contributed by atoms with Crippen LogP contribution < -0.4 is 5.73 Å². The molecule has 0 saturated heterocycles. The molecule has 1 fully saturated rings. The van der Waals surface area contributed by atoms with Crippen LogP contribution in [0.3, 0.4) is 0 Å². The third kappa shape index (κ3) is 4.81. The second kappa shape index (κ2) is 9.76. The van der Waals surface area contributed by atoms with Gasteiger partial charge in [-0.1, -0.05) is 38.2 Å². The van der Waals surface area contributed by atoms with Gasteiger partial charge < -0.3 is 20.4 Å². The maximum Gasteiger partial charge on any atom is 0.180 e. The van der Waals surface area contributed by atoms with Crippen LogP contribution in [0.5, 0.6) is 0 Å². The predicted octanol–water partition coefficient (Wildman–Crippen LogP) is 5.41. The van der Waals surface area contributed by atoms with Crippen molar-refractivity contribution in [2.24, 2.45) is 5.92 Å². The molecule has 1 aliphatic carbocycles. The summed E-state index contributed by atoms with van der Waals surface area (Å²) in [5.74, 6) is 2.13. The number of aromatic amines is 2. The van der Waals surface area contributed by atoms with Crippen LogP contribution in [0, 0.1) is 12.8 Å². The van der Waals surface area contributed by atoms with E-state index in [-0.39, 0.29) is 0 Å². The molecule has 7 heteroatoms. The van der Waals surface area contributed by atoms with E-state index < -0.39 is 0 Å². The maximum atomic E-state index is 6.07. The molecule has 1 atom stereocenters. The van der Waals surface area contributed by atoms with Crippen molar-refractivity contribution in [2.45, 2.75) is 58.0 Å². The van der Waals surface area contributed by atoms with Crippen molar-refractivity contribution in [1.82, 2.24) is 24.8 Å². The van der Waals surface area contributed by atoms with Crippen LogP contribution in [0.2, 0.25) is 0 Å². The second-order valence-electron chi connectivity index (χ2n) is 9.98. The van der Waals surface area contributed by atoms with E-state index in [9.17, 15) is 0 Å². The zero-order valence-corrected chi connectivity index (χ0v) is 20.5. The summed E-state index contributed by atoms with van der Waals surface area (Å²) in [6.45, 7) is 3.62. The number of ether oxygens (including phenoxy) is 1. The normalized spacial score (nSPS) is 16.1. The van der Waals surface area contributed by atoms with Gasteiger partial charge in [0, 0.05) is 41.9 Å². The highest BCUT2D eigenvalue weighted by Crippen LogP contribution is 2.32. The van der Waals surface area contributed by atoms with Crippen LogP contribution in [0.15, 0.2) is 30.3 Å². The smallest absolute Gasteiger partial charge is 0.180 e. The van der Waals surface area contributed by atoms with Gasteiger partial charge in [-0.25, -0.2) is 9.97 Å². The lowest BCUT2D eigenvalue weighted by Crippen LogP contribution is -2.37. The summed E-state index contributed by atoms with van der Waals surface area (Å²) in [7, 11) is 4.05. The molecule has 0 bridgehead atoms. The van der Waals surface area contributed by atoms with E-state index >= 15 is 0 Å². The van der Waals surface area contributed by atoms with Crippen molar-refractivity contribution in [3.05, 3.63) is 41.7 Å². The van der Waals surface area contributed by atoms with Crippen molar-refractivity contribution < 1.29 is 4.74 Å². The molecule has 5 rings (SSSR count). The molecule has 3 aromatic heterocycles. The fourth-order valence-electron chi connectivity index (χ4n) is 5.55. The number of nitrogens with zero attached hydrogens (tertiary/aromatic N) is 3. The number of aryl methyl sites for hydroxylation is 1. The third-order valence-corrected chi connectivity index (χ3v) is 7.32. The van der Waals surface area contributed by atoms with Crippen LogP contribution in [0.25, 0.3) is 33.3 Å². The van der Waals surface area contributed by atoms with E-state index in [2.05, 4.69) is 56.1 Å². The molecule has 0 unspecified atom stereocenters. The molecule has 0 spiro atoms. The van der Waals surface area contributed by atoms with Crippen molar-refractivity contribution in [3.8, 4) is 11.3 Å². The summed E-state index contributed by atoms with van der Waals surface area (Å²) in [5, 5.41) is 1.19. The maximum absolute atomic E-state index is 6.07. The van der Waals surface area contributed by atoms with Gasteiger partial charge in [0.05, 0.1) is 12.1 Å². The monoisotopic (exact) mass is 460 g/mol. The molecular formula is C27H36N6O. The lowest BCUT2D eigenvalue weighted by atomic mass is 9.84. The molecule has 7 nitrogen and oxygen atoms in total. The summed E-state index contributed by atoms with van der Waals surface area (Å²) in [6, 6.07) is 11.2. The Morgan fingerprint density at radius 2 is 1.94 bits per heavy atom. The standard InChI is InChI=1S/C27H36N6O/c1-17-29-26-22(14-25(28)32-27(26)30-17)24-13-20-11-19(9-10-23(20)31-24)15-33(2)21(16-34-3)12-18-7-5-4-6-8-18/h9-11,13-14,18,21,31H,4-8,12,15-16H2,1-3H3,(H3,28,29,30,32)/t21-/m0/s1. The Hall–Kier alpha value is -2.90. The highest BCUT2D eigenvalue weighted by molar-refractivity contribution is 5.95. The number of benzene rings is 1. The number of pyridine rings is 1. The Morgan fingerprint density at radius 3 is 2.74 bits per heavy atom. The first kappa shape index (κ1) is 22.9. The lowest BCUT2D eigenvalue weighted by molar-refractivity contribution is 0.0818. The molecule has 3 heterocycles. The number of likely N-dealkylation sites (N-methyl/N-ethyl adjacent to an activating group) is 1. The number of nitrogens with one attached hydrogen (secondary N) is 2. The second-order valence-corrected chi connectivity index (χ2v) is 9.98. The zero-order valence-electron chi connectivity index (χ0n) is 20.5. The van der Waals surface area contributed by atoms with Gasteiger partial charge in [-0.15, -0.1) is 0 Å². The molecular weight excluding hydrogens is 424 g/mol. The van der Waals surface area contributed by atoms with Gasteiger partial charge in [0.25, 0.3) is 0 Å². The number of rotatable bonds is 8. The average molecular weight is 461 g/mol. The Bertz CT molecular complexity index is 1270. The first-order valence-electron chi connectivity index (χ1n) is 12.4. The SMILES string of the molecule is COC[C@H](CC1CCCCC1)N(C)Cc1ccc2[nH]c(-c3cc(N)nc4nc(C)[nH]c34)cc2c1. The number of methoxy groups -OCH3 is 1. The molecule has 4 N–H and O–H groups in total. The molecule has 1 aromatic carbocycles. The fourth-order valence-corrected chi connectivity index (χ4v) is 5.55. The topological polar surface area (TPSA) is 95.8 Å². The number of anilines is 1. The van der Waals surface area contributed by atoms with E-state index in [1.807, 2.05) is 20.1 Å². The van der Waals surface area contributed by atoms with Gasteiger partial charge in [0.1, 0.15) is 11.6 Å². The molecule has 4 aromatic rings. The first-order chi connectivity index (χ1) is 16.5. The van der Waals surface area contributed by atoms with E-state index in [0.29, 0.717) is 17.5 Å². The number of hydrogen-bond acceptors (Lipinski definition) is 5. The number of nitrogens with two attached hydrogens (primary N) is 1. The van der Waals surface area contributed by atoms with Gasteiger partial charge in [-0.2, -0.15) is 0 Å². The molecule has 1 saturated carbocycles. The molecule has 0 radical (unpaired) electrons. The summed E-state index contributed by atoms with van der Waals surface area (Å²) in [5.41, 5.74) is 12.0. The summed E-state index contributed by atoms with van der Waals surface area (Å²) < 4.78 is 5.60. The Kier molecular flexibility index (Phi) is 6.57. The molecule has 1 aliphatic rings. The highest BCUT2D eigenvalue weighted by Gasteiger charge is 2.22. The Morgan fingerprint density at radius 1 is 1.12 bits per heavy atom. The minimum atomic E-state index is 0.447. The number of imidazole rings is 1. The quantitative estimate of drug-likeness (QED) is 0.327. The van der Waals surface area contributed by atoms with Crippen molar-refractivity contribution in [3.63, 3.8) is 0 Å². The first-order valence-corrected chi connectivity index (χ1v) is 12.4. The average Bonchev–Trinajstić information content (AvgIpc) is 3.41. The number of fused-ring (bicyclic) bond motifs is 2. The number of H-pyrrole nitrogens is 2. The van der Waals surface area contributed by atoms with E-state index in [4.69, 9.17) is 10.5 Å². The van der Waals surface area contributed by atoms with Crippen LogP contribution in [0.4, 0.5) is 5.82 Å². The largest absolute Gasteiger partial charge is 0.384 e. The Labute approximate surface area is 201 Å². The number of nitrogen functional groups attached to an aromatic ring is 1. The molecule has 0 amide bonds.